The highest BCUT2D eigenvalue weighted by Crippen LogP contribution is 2.35. The summed E-state index contributed by atoms with van der Waals surface area (Å²) in [5.41, 5.74) is 3.79. The van der Waals surface area contributed by atoms with Gasteiger partial charge in [0.25, 0.3) is 0 Å². The number of hydrogen-bond donors (Lipinski definition) is 0. The summed E-state index contributed by atoms with van der Waals surface area (Å²) in [5.74, 6) is 0.852. The third kappa shape index (κ3) is 2.62. The topological polar surface area (TPSA) is 15.6 Å². The Morgan fingerprint density at radius 2 is 1.47 bits per heavy atom. The summed E-state index contributed by atoms with van der Waals surface area (Å²) < 4.78 is 0. The minimum Gasteiger partial charge on any atom is -0.325 e. The number of nitrogens with zero attached hydrogens (tertiary/aromatic N) is 2. The fourth-order valence-electron chi connectivity index (χ4n) is 2.42. The van der Waals surface area contributed by atoms with E-state index in [1.807, 2.05) is 0 Å². The first-order chi connectivity index (χ1) is 7.46. The Bertz CT molecular complexity index is 398. The molecule has 0 aromatic heterocycles. The maximum absolute atomic E-state index is 4.72. The zero-order valence-corrected chi connectivity index (χ0v) is 12.6. The first-order valence-electron chi connectivity index (χ1n) is 6.22. The highest BCUT2D eigenvalue weighted by atomic mass is 15.3. The Morgan fingerprint density at radius 3 is 1.82 bits per heavy atom. The van der Waals surface area contributed by atoms with Gasteiger partial charge in [-0.3, -0.25) is 0 Å². The fraction of sp³-hybridized carbons (Fsp3) is 0.667. The molecule has 0 N–H and O–H groups in total. The van der Waals surface area contributed by atoms with Crippen LogP contribution in [0.25, 0.3) is 0 Å². The Morgan fingerprint density at radius 1 is 1.00 bits per heavy atom. The Kier molecular flexibility index (Phi) is 3.30. The molecule has 1 aliphatic heterocycles. The second kappa shape index (κ2) is 4.01. The summed E-state index contributed by atoms with van der Waals surface area (Å²) in [4.78, 5) is 6.94. The van der Waals surface area contributed by atoms with E-state index in [4.69, 9.17) is 4.99 Å². The highest BCUT2D eigenvalue weighted by Gasteiger charge is 2.32. The van der Waals surface area contributed by atoms with E-state index < -0.39 is 0 Å². The van der Waals surface area contributed by atoms with Crippen LogP contribution < -0.4 is 0 Å². The van der Waals surface area contributed by atoms with Gasteiger partial charge in [0.1, 0.15) is 5.82 Å². The first kappa shape index (κ1) is 14.0. The molecule has 0 unspecified atom stereocenters. The molecule has 0 saturated carbocycles. The summed E-state index contributed by atoms with van der Waals surface area (Å²) in [6.45, 7) is 21.6. The average molecular weight is 234 g/mol. The summed E-state index contributed by atoms with van der Waals surface area (Å²) >= 11 is 0. The molecule has 0 saturated heterocycles. The molecule has 96 valence electrons. The van der Waals surface area contributed by atoms with Crippen molar-refractivity contribution in [1.82, 2.24) is 4.90 Å². The van der Waals surface area contributed by atoms with Crippen molar-refractivity contribution >= 4 is 5.71 Å². The smallest absolute Gasteiger partial charge is 0.126 e. The van der Waals surface area contributed by atoms with Crippen LogP contribution in [0.1, 0.15) is 55.4 Å². The summed E-state index contributed by atoms with van der Waals surface area (Å²) in [6.07, 6.45) is 0. The normalized spacial score (nSPS) is 18.7. The summed E-state index contributed by atoms with van der Waals surface area (Å²) in [7, 11) is 0. The molecule has 0 aliphatic carbocycles. The molecule has 0 radical (unpaired) electrons. The molecular formula is C15H26N2. The lowest BCUT2D eigenvalue weighted by Gasteiger charge is -2.42. The maximum atomic E-state index is 4.72. The van der Waals surface area contributed by atoms with Gasteiger partial charge in [0.2, 0.25) is 0 Å². The van der Waals surface area contributed by atoms with Crippen LogP contribution in [0.4, 0.5) is 0 Å². The average Bonchev–Trinajstić information content (AvgIpc) is 2.07. The van der Waals surface area contributed by atoms with E-state index in [1.165, 1.54) is 11.3 Å². The zero-order valence-electron chi connectivity index (χ0n) is 12.6. The van der Waals surface area contributed by atoms with Crippen LogP contribution in [0.2, 0.25) is 0 Å². The minimum absolute atomic E-state index is 0.0232. The van der Waals surface area contributed by atoms with Crippen LogP contribution in [0, 0.1) is 5.41 Å². The van der Waals surface area contributed by atoms with Gasteiger partial charge in [-0.05, 0) is 40.2 Å². The number of allylic oxidation sites excluding steroid dienone is 2. The van der Waals surface area contributed by atoms with Gasteiger partial charge < -0.3 is 4.90 Å². The van der Waals surface area contributed by atoms with E-state index in [0.29, 0.717) is 0 Å². The van der Waals surface area contributed by atoms with Gasteiger partial charge in [-0.25, -0.2) is 4.99 Å². The minimum atomic E-state index is 0.0232. The third-order valence-corrected chi connectivity index (χ3v) is 3.11. The van der Waals surface area contributed by atoms with Crippen LogP contribution in [-0.2, 0) is 0 Å². The van der Waals surface area contributed by atoms with E-state index >= 15 is 0 Å². The molecule has 0 aromatic rings. The van der Waals surface area contributed by atoms with E-state index in [-0.39, 0.29) is 11.0 Å². The van der Waals surface area contributed by atoms with Crippen molar-refractivity contribution < 1.29 is 0 Å². The quantitative estimate of drug-likeness (QED) is 0.608. The summed E-state index contributed by atoms with van der Waals surface area (Å²) in [5, 5.41) is 0. The van der Waals surface area contributed by atoms with Crippen LogP contribution >= 0.6 is 0 Å². The molecule has 0 aromatic carbocycles. The predicted molar refractivity (Wildman–Crippen MR) is 76.0 cm³/mol. The molecule has 0 amide bonds. The van der Waals surface area contributed by atoms with Gasteiger partial charge in [0.05, 0.1) is 5.71 Å². The molecule has 0 spiro atoms. The standard InChI is InChI=1S/C15H26N2/c1-10-11(2)17(15(7,8)9)12(3)16-13(10)14(4,5)6/h3H2,1-2,4-9H3. The lowest BCUT2D eigenvalue weighted by atomic mass is 9.83. The van der Waals surface area contributed by atoms with E-state index in [9.17, 15) is 0 Å². The SMILES string of the molecule is C=C1N=C(C(C)(C)C)C(C)=C(C)N1C(C)(C)C. The van der Waals surface area contributed by atoms with Crippen LogP contribution in [0.3, 0.4) is 0 Å². The van der Waals surface area contributed by atoms with Crippen molar-refractivity contribution in [3.63, 3.8) is 0 Å². The molecule has 0 atom stereocenters. The summed E-state index contributed by atoms with van der Waals surface area (Å²) in [6, 6.07) is 0. The molecule has 0 bridgehead atoms. The Labute approximate surface area is 106 Å². The second-order valence-corrected chi connectivity index (χ2v) is 6.84. The molecule has 1 rings (SSSR count). The molecule has 2 nitrogen and oxygen atoms in total. The number of hydrogen-bond acceptors (Lipinski definition) is 2. The Balaban J connectivity index is 3.31. The maximum Gasteiger partial charge on any atom is 0.126 e. The monoisotopic (exact) mass is 234 g/mol. The Hall–Kier alpha value is -1.05. The van der Waals surface area contributed by atoms with Gasteiger partial charge in [0, 0.05) is 16.7 Å². The largest absolute Gasteiger partial charge is 0.325 e. The van der Waals surface area contributed by atoms with Crippen molar-refractivity contribution in [2.75, 3.05) is 0 Å². The van der Waals surface area contributed by atoms with Gasteiger partial charge >= 0.3 is 0 Å². The molecule has 17 heavy (non-hydrogen) atoms. The van der Waals surface area contributed by atoms with E-state index in [2.05, 4.69) is 66.9 Å². The van der Waals surface area contributed by atoms with Gasteiger partial charge in [-0.2, -0.15) is 0 Å². The van der Waals surface area contributed by atoms with Gasteiger partial charge in [0.15, 0.2) is 0 Å². The van der Waals surface area contributed by atoms with Crippen molar-refractivity contribution in [3.8, 4) is 0 Å². The van der Waals surface area contributed by atoms with Gasteiger partial charge in [-0.15, -0.1) is 0 Å². The van der Waals surface area contributed by atoms with Gasteiger partial charge in [-0.1, -0.05) is 27.4 Å². The molecule has 1 aliphatic rings. The van der Waals surface area contributed by atoms with Crippen molar-refractivity contribution in [2.24, 2.45) is 10.4 Å². The molecular weight excluding hydrogens is 208 g/mol. The van der Waals surface area contributed by atoms with E-state index in [1.54, 1.807) is 0 Å². The number of rotatable bonds is 0. The van der Waals surface area contributed by atoms with Crippen molar-refractivity contribution in [2.45, 2.75) is 60.9 Å². The third-order valence-electron chi connectivity index (χ3n) is 3.11. The first-order valence-corrected chi connectivity index (χ1v) is 6.22. The van der Waals surface area contributed by atoms with Crippen molar-refractivity contribution in [1.29, 1.82) is 0 Å². The highest BCUT2D eigenvalue weighted by molar-refractivity contribution is 6.05. The van der Waals surface area contributed by atoms with Crippen LogP contribution in [0.15, 0.2) is 28.7 Å². The predicted octanol–water partition coefficient (Wildman–Crippen LogP) is 4.35. The lowest BCUT2D eigenvalue weighted by Crippen LogP contribution is -2.42. The van der Waals surface area contributed by atoms with E-state index in [0.717, 1.165) is 11.5 Å². The van der Waals surface area contributed by atoms with Crippen molar-refractivity contribution in [3.05, 3.63) is 23.7 Å². The fourth-order valence-corrected chi connectivity index (χ4v) is 2.42. The molecule has 0 fully saturated rings. The molecule has 1 heterocycles. The lowest BCUT2D eigenvalue weighted by molar-refractivity contribution is 0.231. The second-order valence-electron chi connectivity index (χ2n) is 6.84. The van der Waals surface area contributed by atoms with Crippen LogP contribution in [-0.4, -0.2) is 16.2 Å². The zero-order chi connectivity index (χ0) is 13.6. The molecule has 2 heteroatoms. The van der Waals surface area contributed by atoms with Crippen LogP contribution in [0.5, 0.6) is 0 Å². The number of aliphatic imine (C=N–C) groups is 1.